The topological polar surface area (TPSA) is 82.7 Å². The van der Waals surface area contributed by atoms with E-state index in [1.165, 1.54) is 16.4 Å². The highest BCUT2D eigenvalue weighted by Gasteiger charge is 2.29. The van der Waals surface area contributed by atoms with Crippen LogP contribution in [0.2, 0.25) is 5.02 Å². The Kier molecular flexibility index (Phi) is 8.92. The Bertz CT molecular complexity index is 1050. The van der Waals surface area contributed by atoms with Crippen molar-refractivity contribution in [2.24, 2.45) is 0 Å². The second kappa shape index (κ2) is 11.3. The molecule has 3 rings (SSSR count). The van der Waals surface area contributed by atoms with Gasteiger partial charge in [-0.2, -0.15) is 12.7 Å². The summed E-state index contributed by atoms with van der Waals surface area (Å²) in [5.74, 6) is -2.50. The van der Waals surface area contributed by atoms with Gasteiger partial charge in [-0.05, 0) is 65.8 Å². The maximum Gasteiger partial charge on any atom is 0.301 e. The average Bonchev–Trinajstić information content (AvgIpc) is 2.75. The Morgan fingerprint density at radius 3 is 2.41 bits per heavy atom. The van der Waals surface area contributed by atoms with Gasteiger partial charge in [0.15, 0.2) is 11.6 Å². The number of ether oxygens (including phenoxy) is 1. The lowest BCUT2D eigenvalue weighted by Gasteiger charge is -2.31. The first-order valence-corrected chi connectivity index (χ1v) is 12.8. The largest absolute Gasteiger partial charge is 0.383 e. The monoisotopic (exact) mass is 600 g/mol. The van der Waals surface area contributed by atoms with E-state index in [1.807, 2.05) is 0 Å². The molecular formula is C20H24ClF2IN4O3S. The zero-order valence-corrected chi connectivity index (χ0v) is 21.0. The van der Waals surface area contributed by atoms with Crippen LogP contribution in [-0.2, 0) is 14.9 Å². The lowest BCUT2D eigenvalue weighted by atomic mass is 10.1. The van der Waals surface area contributed by atoms with Gasteiger partial charge >= 0.3 is 10.2 Å². The van der Waals surface area contributed by atoms with E-state index < -0.39 is 27.5 Å². The molecule has 0 aliphatic carbocycles. The van der Waals surface area contributed by atoms with E-state index in [1.54, 1.807) is 25.3 Å². The first kappa shape index (κ1) is 25.4. The van der Waals surface area contributed by atoms with Crippen LogP contribution in [0.15, 0.2) is 30.3 Å². The Morgan fingerprint density at radius 2 is 1.75 bits per heavy atom. The Morgan fingerprint density at radius 1 is 1.12 bits per heavy atom. The second-order valence-electron chi connectivity index (χ2n) is 7.27. The minimum atomic E-state index is -4.03. The van der Waals surface area contributed by atoms with Crippen LogP contribution in [-0.4, -0.2) is 52.1 Å². The van der Waals surface area contributed by atoms with Gasteiger partial charge in [-0.25, -0.2) is 8.78 Å². The molecule has 1 saturated heterocycles. The van der Waals surface area contributed by atoms with E-state index >= 15 is 0 Å². The molecular weight excluding hydrogens is 577 g/mol. The van der Waals surface area contributed by atoms with Crippen LogP contribution in [0.4, 0.5) is 25.8 Å². The lowest BCUT2D eigenvalue weighted by molar-refractivity contribution is 0.189. The molecule has 0 unspecified atom stereocenters. The van der Waals surface area contributed by atoms with Crippen molar-refractivity contribution >= 4 is 61.5 Å². The number of benzene rings is 2. The maximum atomic E-state index is 14.6. The first-order chi connectivity index (χ1) is 15.2. The molecule has 1 heterocycles. The molecule has 2 aromatic rings. The maximum absolute atomic E-state index is 14.6. The van der Waals surface area contributed by atoms with Gasteiger partial charge in [0.05, 0.1) is 28.7 Å². The summed E-state index contributed by atoms with van der Waals surface area (Å²) >= 11 is 8.21. The summed E-state index contributed by atoms with van der Waals surface area (Å²) in [4.78, 5) is 0. The van der Waals surface area contributed by atoms with E-state index in [-0.39, 0.29) is 24.8 Å². The Labute approximate surface area is 205 Å². The SMILES string of the molecule is COCCNC1CCN(S(=O)(=O)Nc2ccc(Nc3ccc(I)cc3Cl)c(F)c2F)CC1. The van der Waals surface area contributed by atoms with Crippen molar-refractivity contribution < 1.29 is 21.9 Å². The van der Waals surface area contributed by atoms with E-state index in [9.17, 15) is 17.2 Å². The molecule has 0 saturated carbocycles. The summed E-state index contributed by atoms with van der Waals surface area (Å²) in [6.07, 6.45) is 1.22. The second-order valence-corrected chi connectivity index (χ2v) is 10.6. The van der Waals surface area contributed by atoms with Gasteiger partial charge < -0.3 is 15.4 Å². The number of nitrogens with zero attached hydrogens (tertiary/aromatic N) is 1. The quantitative estimate of drug-likeness (QED) is 0.295. The van der Waals surface area contributed by atoms with Gasteiger partial charge in [0, 0.05) is 36.4 Å². The molecule has 3 N–H and O–H groups in total. The standard InChI is InChI=1S/C20H24ClF2IN4O3S/c1-31-11-8-25-14-6-9-28(10-7-14)32(29,30)27-18-5-4-17(19(22)20(18)23)26-16-3-2-13(24)12-15(16)21/h2-5,12,14,25-27H,6-11H2,1H3. The number of piperidine rings is 1. The highest BCUT2D eigenvalue weighted by molar-refractivity contribution is 14.1. The molecule has 0 spiro atoms. The summed E-state index contributed by atoms with van der Waals surface area (Å²) in [5.41, 5.74) is -0.209. The van der Waals surface area contributed by atoms with Crippen LogP contribution in [0, 0.1) is 15.2 Å². The number of hydrogen-bond donors (Lipinski definition) is 3. The van der Waals surface area contributed by atoms with E-state index in [2.05, 4.69) is 37.9 Å². The predicted octanol–water partition coefficient (Wildman–Crippen LogP) is 4.32. The number of nitrogens with one attached hydrogen (secondary N) is 3. The van der Waals surface area contributed by atoms with Crippen LogP contribution < -0.4 is 15.4 Å². The highest BCUT2D eigenvalue weighted by atomic mass is 127. The van der Waals surface area contributed by atoms with Crippen molar-refractivity contribution in [1.29, 1.82) is 0 Å². The van der Waals surface area contributed by atoms with Crippen molar-refractivity contribution in [3.8, 4) is 0 Å². The molecule has 32 heavy (non-hydrogen) atoms. The number of rotatable bonds is 9. The van der Waals surface area contributed by atoms with Gasteiger partial charge in [-0.3, -0.25) is 4.72 Å². The minimum Gasteiger partial charge on any atom is -0.383 e. The average molecular weight is 601 g/mol. The Balaban J connectivity index is 1.66. The van der Waals surface area contributed by atoms with Gasteiger partial charge in [0.25, 0.3) is 0 Å². The highest BCUT2D eigenvalue weighted by Crippen LogP contribution is 2.31. The fraction of sp³-hybridized carbons (Fsp3) is 0.400. The van der Waals surface area contributed by atoms with Crippen LogP contribution in [0.25, 0.3) is 0 Å². The van der Waals surface area contributed by atoms with Crippen LogP contribution in [0.3, 0.4) is 0 Å². The van der Waals surface area contributed by atoms with Crippen molar-refractivity contribution in [2.75, 3.05) is 43.4 Å². The molecule has 0 aromatic heterocycles. The number of methoxy groups -OCH3 is 1. The summed E-state index contributed by atoms with van der Waals surface area (Å²) in [5, 5.41) is 6.38. The Hall–Kier alpha value is -1.25. The third-order valence-corrected chi connectivity index (χ3v) is 7.56. The molecule has 1 aliphatic heterocycles. The van der Waals surface area contributed by atoms with Crippen LogP contribution >= 0.6 is 34.2 Å². The smallest absolute Gasteiger partial charge is 0.301 e. The van der Waals surface area contributed by atoms with Gasteiger partial charge in [0.1, 0.15) is 0 Å². The van der Waals surface area contributed by atoms with Crippen LogP contribution in [0.5, 0.6) is 0 Å². The molecule has 176 valence electrons. The molecule has 2 aromatic carbocycles. The predicted molar refractivity (Wildman–Crippen MR) is 131 cm³/mol. The van der Waals surface area contributed by atoms with Crippen molar-refractivity contribution in [3.63, 3.8) is 0 Å². The molecule has 12 heteroatoms. The van der Waals surface area contributed by atoms with E-state index in [0.29, 0.717) is 36.7 Å². The number of halogens is 4. The lowest BCUT2D eigenvalue weighted by Crippen LogP contribution is -2.47. The fourth-order valence-electron chi connectivity index (χ4n) is 3.33. The van der Waals surface area contributed by atoms with Crippen molar-refractivity contribution in [1.82, 2.24) is 9.62 Å². The molecule has 1 aliphatic rings. The van der Waals surface area contributed by atoms with E-state index in [0.717, 1.165) is 3.57 Å². The summed E-state index contributed by atoms with van der Waals surface area (Å²) in [7, 11) is -2.41. The first-order valence-electron chi connectivity index (χ1n) is 9.91. The molecule has 0 atom stereocenters. The van der Waals surface area contributed by atoms with Gasteiger partial charge in [0.2, 0.25) is 0 Å². The molecule has 0 radical (unpaired) electrons. The zero-order valence-electron chi connectivity index (χ0n) is 17.3. The molecule has 7 nitrogen and oxygen atoms in total. The van der Waals surface area contributed by atoms with Gasteiger partial charge in [-0.15, -0.1) is 0 Å². The molecule has 1 fully saturated rings. The van der Waals surface area contributed by atoms with E-state index in [4.69, 9.17) is 16.3 Å². The van der Waals surface area contributed by atoms with Gasteiger partial charge in [-0.1, -0.05) is 11.6 Å². The summed E-state index contributed by atoms with van der Waals surface area (Å²) < 4.78 is 63.9. The minimum absolute atomic E-state index is 0.156. The zero-order chi connectivity index (χ0) is 23.3. The van der Waals surface area contributed by atoms with Crippen molar-refractivity contribution in [3.05, 3.63) is 50.6 Å². The number of hydrogen-bond acceptors (Lipinski definition) is 5. The third kappa shape index (κ3) is 6.41. The fourth-order valence-corrected chi connectivity index (χ4v) is 5.49. The third-order valence-electron chi connectivity index (χ3n) is 5.05. The normalized spacial score (nSPS) is 15.7. The molecule has 0 amide bonds. The van der Waals surface area contributed by atoms with Crippen LogP contribution in [0.1, 0.15) is 12.8 Å². The summed E-state index contributed by atoms with van der Waals surface area (Å²) in [6, 6.07) is 7.71. The molecule has 0 bridgehead atoms. The number of anilines is 3. The summed E-state index contributed by atoms with van der Waals surface area (Å²) in [6.45, 7) is 1.81. The van der Waals surface area contributed by atoms with Crippen molar-refractivity contribution in [2.45, 2.75) is 18.9 Å².